The summed E-state index contributed by atoms with van der Waals surface area (Å²) in [5.74, 6) is -0.218. The lowest BCUT2D eigenvalue weighted by atomic mass is 10.0. The molecule has 216 valence electrons. The number of hydrogen-bond donors (Lipinski definition) is 2. The Kier molecular flexibility index (Phi) is 9.20. The quantitative estimate of drug-likeness (QED) is 0.382. The van der Waals surface area contributed by atoms with Gasteiger partial charge in [-0.15, -0.1) is 11.3 Å². The fourth-order valence-electron chi connectivity index (χ4n) is 4.46. The van der Waals surface area contributed by atoms with Crippen molar-refractivity contribution in [1.29, 1.82) is 0 Å². The highest BCUT2D eigenvalue weighted by Crippen LogP contribution is 2.31. The van der Waals surface area contributed by atoms with Gasteiger partial charge in [-0.3, -0.25) is 9.52 Å². The van der Waals surface area contributed by atoms with Crippen LogP contribution in [0.3, 0.4) is 0 Å². The van der Waals surface area contributed by atoms with Crippen LogP contribution in [0.5, 0.6) is 5.75 Å². The number of ether oxygens (including phenoxy) is 1. The number of hydrogen-bond acceptors (Lipinski definition) is 8. The second-order valence-corrected chi connectivity index (χ2v) is 14.7. The lowest BCUT2D eigenvalue weighted by Crippen LogP contribution is -2.48. The van der Waals surface area contributed by atoms with E-state index >= 15 is 0 Å². The summed E-state index contributed by atoms with van der Waals surface area (Å²) in [4.78, 5) is 15.1. The number of anilines is 1. The minimum atomic E-state index is -3.81. The topological polar surface area (TPSA) is 133 Å². The van der Waals surface area contributed by atoms with E-state index in [0.717, 1.165) is 11.3 Å². The summed E-state index contributed by atoms with van der Waals surface area (Å²) >= 11 is 1.09. The lowest BCUT2D eigenvalue weighted by molar-refractivity contribution is -0.134. The highest BCUT2D eigenvalue weighted by atomic mass is 32.2. The Hall–Kier alpha value is -2.97. The average molecular weight is 608 g/mol. The molecular weight excluding hydrogens is 575 g/mol. The first-order valence-corrected chi connectivity index (χ1v) is 16.5. The summed E-state index contributed by atoms with van der Waals surface area (Å²) in [7, 11) is -6.14. The third-order valence-electron chi connectivity index (χ3n) is 6.82. The number of aliphatic hydroxyl groups excluding tert-OH is 1. The summed E-state index contributed by atoms with van der Waals surface area (Å²) < 4.78 is 62.3. The van der Waals surface area contributed by atoms with E-state index in [0.29, 0.717) is 11.3 Å². The molecule has 1 amide bonds. The Bertz CT molecular complexity index is 1530. The minimum absolute atomic E-state index is 0.000128. The van der Waals surface area contributed by atoms with Crippen LogP contribution in [0.15, 0.2) is 75.1 Å². The zero-order valence-electron chi connectivity index (χ0n) is 22.4. The molecule has 0 unspecified atom stereocenters. The molecule has 3 atom stereocenters. The SMILES string of the molecule is C[C@@H]1CN([C@H](C)CO)C(=O)Cc2cc(NS(=O)(=O)c3cccs3)ccc2O[C@@H]1CN(C)S(=O)(=O)c1ccccc1. The molecule has 2 N–H and O–H groups in total. The standard InChI is InChI=1S/C27H33N3O7S3/c1-19-16-30(20(2)18-31)26(32)15-21-14-22(28-39(33,34)27-10-7-13-38-27)11-12-24(21)37-25(19)17-29(3)40(35,36)23-8-5-4-6-9-23/h4-14,19-20,25,28,31H,15-18H2,1-3H3/t19-,20-,25-/m1/s1. The van der Waals surface area contributed by atoms with Gasteiger partial charge in [0, 0.05) is 30.8 Å². The summed E-state index contributed by atoms with van der Waals surface area (Å²) in [6, 6.07) is 15.4. The lowest BCUT2D eigenvalue weighted by Gasteiger charge is -2.33. The van der Waals surface area contributed by atoms with Gasteiger partial charge in [0.2, 0.25) is 15.9 Å². The number of nitrogens with zero attached hydrogens (tertiary/aromatic N) is 2. The van der Waals surface area contributed by atoms with Crippen molar-refractivity contribution in [3.05, 3.63) is 71.6 Å². The van der Waals surface area contributed by atoms with Crippen LogP contribution in [0.2, 0.25) is 0 Å². The van der Waals surface area contributed by atoms with Crippen LogP contribution in [-0.2, 0) is 31.3 Å². The van der Waals surface area contributed by atoms with E-state index in [4.69, 9.17) is 4.74 Å². The van der Waals surface area contributed by atoms with Gasteiger partial charge >= 0.3 is 0 Å². The summed E-state index contributed by atoms with van der Waals surface area (Å²) in [6.45, 7) is 3.58. The Balaban J connectivity index is 1.68. The molecular formula is C27H33N3O7S3. The van der Waals surface area contributed by atoms with Crippen LogP contribution < -0.4 is 9.46 Å². The van der Waals surface area contributed by atoms with Gasteiger partial charge in [0.05, 0.1) is 30.5 Å². The first kappa shape index (κ1) is 30.0. The van der Waals surface area contributed by atoms with Crippen molar-refractivity contribution in [1.82, 2.24) is 9.21 Å². The number of nitrogens with one attached hydrogen (secondary N) is 1. The molecule has 0 fully saturated rings. The molecule has 3 aromatic rings. The van der Waals surface area contributed by atoms with Gasteiger partial charge in [0.15, 0.2) is 0 Å². The van der Waals surface area contributed by atoms with Crippen LogP contribution >= 0.6 is 11.3 Å². The van der Waals surface area contributed by atoms with Crippen LogP contribution in [0.4, 0.5) is 5.69 Å². The van der Waals surface area contributed by atoms with E-state index < -0.39 is 32.2 Å². The van der Waals surface area contributed by atoms with E-state index in [2.05, 4.69) is 4.72 Å². The molecule has 0 saturated heterocycles. The van der Waals surface area contributed by atoms with Gasteiger partial charge in [0.25, 0.3) is 10.0 Å². The summed E-state index contributed by atoms with van der Waals surface area (Å²) in [6.07, 6.45) is -0.749. The van der Waals surface area contributed by atoms with E-state index in [1.807, 2.05) is 6.92 Å². The highest BCUT2D eigenvalue weighted by molar-refractivity contribution is 7.94. The van der Waals surface area contributed by atoms with Crippen molar-refractivity contribution in [2.45, 2.75) is 41.5 Å². The molecule has 2 aromatic carbocycles. The van der Waals surface area contributed by atoms with Crippen molar-refractivity contribution in [3.8, 4) is 5.75 Å². The van der Waals surface area contributed by atoms with Crippen molar-refractivity contribution in [2.24, 2.45) is 5.92 Å². The largest absolute Gasteiger partial charge is 0.488 e. The van der Waals surface area contributed by atoms with Gasteiger partial charge in [-0.25, -0.2) is 16.8 Å². The third-order valence-corrected chi connectivity index (χ3v) is 11.4. The first-order chi connectivity index (χ1) is 18.9. The van der Waals surface area contributed by atoms with Crippen LogP contribution in [0, 0.1) is 5.92 Å². The fourth-order valence-corrected chi connectivity index (χ4v) is 7.70. The molecule has 2 heterocycles. The first-order valence-electron chi connectivity index (χ1n) is 12.7. The second-order valence-electron chi connectivity index (χ2n) is 9.85. The number of rotatable bonds is 9. The number of likely N-dealkylation sites (N-methyl/N-ethyl adjacent to an activating group) is 1. The van der Waals surface area contributed by atoms with Crippen molar-refractivity contribution >= 4 is 43.0 Å². The number of sulfonamides is 2. The normalized spacial score (nSPS) is 19.2. The molecule has 0 aliphatic carbocycles. The van der Waals surface area contributed by atoms with Crippen LogP contribution in [0.25, 0.3) is 0 Å². The fraction of sp³-hybridized carbons (Fsp3) is 0.370. The predicted octanol–water partition coefficient (Wildman–Crippen LogP) is 3.02. The Labute approximate surface area is 239 Å². The molecule has 40 heavy (non-hydrogen) atoms. The third kappa shape index (κ3) is 6.66. The van der Waals surface area contributed by atoms with E-state index in [9.17, 15) is 26.7 Å². The number of carbonyl (C=O) groups excluding carboxylic acids is 1. The summed E-state index contributed by atoms with van der Waals surface area (Å²) in [5, 5.41) is 11.5. The molecule has 1 aliphatic heterocycles. The van der Waals surface area contributed by atoms with Gasteiger partial charge in [0.1, 0.15) is 16.1 Å². The van der Waals surface area contributed by atoms with Crippen LogP contribution in [0.1, 0.15) is 19.4 Å². The molecule has 13 heteroatoms. The van der Waals surface area contributed by atoms with Gasteiger partial charge < -0.3 is 14.7 Å². The van der Waals surface area contributed by atoms with Gasteiger partial charge in [-0.2, -0.15) is 4.31 Å². The van der Waals surface area contributed by atoms with Crippen molar-refractivity contribution in [3.63, 3.8) is 0 Å². The molecule has 0 bridgehead atoms. The second kappa shape index (κ2) is 12.3. The maximum Gasteiger partial charge on any atom is 0.271 e. The molecule has 0 spiro atoms. The van der Waals surface area contributed by atoms with Crippen LogP contribution in [-0.4, -0.2) is 75.9 Å². The summed E-state index contributed by atoms with van der Waals surface area (Å²) in [5.41, 5.74) is 0.706. The average Bonchev–Trinajstić information content (AvgIpc) is 3.49. The number of benzene rings is 2. The van der Waals surface area contributed by atoms with E-state index in [1.54, 1.807) is 59.7 Å². The Morgan fingerprint density at radius 3 is 2.50 bits per heavy atom. The zero-order chi connectivity index (χ0) is 29.1. The number of aliphatic hydroxyl groups is 1. The van der Waals surface area contributed by atoms with Gasteiger partial charge in [-0.1, -0.05) is 31.2 Å². The van der Waals surface area contributed by atoms with E-state index in [-0.39, 0.29) is 52.7 Å². The molecule has 1 aliphatic rings. The number of thiophene rings is 1. The molecule has 0 radical (unpaired) electrons. The molecule has 10 nitrogen and oxygen atoms in total. The smallest absolute Gasteiger partial charge is 0.271 e. The molecule has 0 saturated carbocycles. The highest BCUT2D eigenvalue weighted by Gasteiger charge is 2.33. The number of fused-ring (bicyclic) bond motifs is 1. The maximum atomic E-state index is 13.4. The van der Waals surface area contributed by atoms with Crippen molar-refractivity contribution < 1.29 is 31.5 Å². The Morgan fingerprint density at radius 2 is 1.85 bits per heavy atom. The minimum Gasteiger partial charge on any atom is -0.488 e. The van der Waals surface area contributed by atoms with Crippen molar-refractivity contribution in [2.75, 3.05) is 31.5 Å². The molecule has 1 aromatic heterocycles. The monoisotopic (exact) mass is 607 g/mol. The Morgan fingerprint density at radius 1 is 1.12 bits per heavy atom. The van der Waals surface area contributed by atoms with E-state index in [1.165, 1.54) is 29.6 Å². The number of carbonyl (C=O) groups is 1. The molecule has 4 rings (SSSR count). The van der Waals surface area contributed by atoms with Gasteiger partial charge in [-0.05, 0) is 48.7 Å². The zero-order valence-corrected chi connectivity index (χ0v) is 24.9. The number of amides is 1. The maximum absolute atomic E-state index is 13.4. The predicted molar refractivity (Wildman–Crippen MR) is 153 cm³/mol.